The van der Waals surface area contributed by atoms with E-state index in [2.05, 4.69) is 10.2 Å². The Balaban J connectivity index is 2.30. The second-order valence-electron chi connectivity index (χ2n) is 4.45. The number of benzene rings is 1. The molecule has 0 aliphatic carbocycles. The van der Waals surface area contributed by atoms with Crippen LogP contribution in [0.2, 0.25) is 0 Å². The highest BCUT2D eigenvalue weighted by Crippen LogP contribution is 2.36. The fraction of sp³-hybridized carbons (Fsp3) is 0.143. The van der Waals surface area contributed by atoms with Crippen molar-refractivity contribution in [2.45, 2.75) is 13.1 Å². The molecule has 1 aromatic carbocycles. The molecular weight excluding hydrogens is 267 g/mol. The van der Waals surface area contributed by atoms with Crippen LogP contribution in [-0.2, 0) is 6.18 Å². The van der Waals surface area contributed by atoms with E-state index in [0.29, 0.717) is 5.65 Å². The number of hydrogen-bond donors (Lipinski definition) is 0. The molecule has 0 amide bonds. The Morgan fingerprint density at radius 2 is 1.75 bits per heavy atom. The van der Waals surface area contributed by atoms with E-state index < -0.39 is 11.7 Å². The lowest BCUT2D eigenvalue weighted by Gasteiger charge is -2.11. The van der Waals surface area contributed by atoms with Crippen molar-refractivity contribution in [2.24, 2.45) is 0 Å². The highest BCUT2D eigenvalue weighted by atomic mass is 19.4. The molecule has 3 aromatic rings. The number of halogens is 3. The Morgan fingerprint density at radius 1 is 1.00 bits per heavy atom. The van der Waals surface area contributed by atoms with E-state index >= 15 is 0 Å². The maximum atomic E-state index is 13.1. The average molecular weight is 277 g/mol. The van der Waals surface area contributed by atoms with Crippen LogP contribution in [0.3, 0.4) is 0 Å². The molecule has 0 aliphatic heterocycles. The topological polar surface area (TPSA) is 30.2 Å². The van der Waals surface area contributed by atoms with Gasteiger partial charge in [0, 0.05) is 11.8 Å². The summed E-state index contributed by atoms with van der Waals surface area (Å²) in [6, 6.07) is 8.96. The van der Waals surface area contributed by atoms with E-state index in [1.807, 2.05) is 13.0 Å². The highest BCUT2D eigenvalue weighted by Gasteiger charge is 2.34. The SMILES string of the molecule is Cc1cccn2c(-c3ccccc3C(F)(F)F)nnc12. The van der Waals surface area contributed by atoms with Crippen molar-refractivity contribution in [2.75, 3.05) is 0 Å². The quantitative estimate of drug-likeness (QED) is 0.678. The fourth-order valence-electron chi connectivity index (χ4n) is 2.16. The number of alkyl halides is 3. The van der Waals surface area contributed by atoms with Crippen molar-refractivity contribution in [1.82, 2.24) is 14.6 Å². The summed E-state index contributed by atoms with van der Waals surface area (Å²) in [6.45, 7) is 1.84. The lowest BCUT2D eigenvalue weighted by molar-refractivity contribution is -0.137. The van der Waals surface area contributed by atoms with Crippen LogP contribution in [0.4, 0.5) is 13.2 Å². The van der Waals surface area contributed by atoms with E-state index in [0.717, 1.165) is 11.6 Å². The minimum atomic E-state index is -4.42. The Bertz CT molecular complexity index is 775. The van der Waals surface area contributed by atoms with Gasteiger partial charge in [-0.05, 0) is 24.6 Å². The van der Waals surface area contributed by atoms with Crippen molar-refractivity contribution >= 4 is 5.65 Å². The number of aromatic nitrogens is 3. The molecule has 0 spiro atoms. The van der Waals surface area contributed by atoms with Gasteiger partial charge < -0.3 is 0 Å². The van der Waals surface area contributed by atoms with E-state index in [1.54, 1.807) is 22.7 Å². The largest absolute Gasteiger partial charge is 0.417 e. The molecule has 0 saturated heterocycles. The highest BCUT2D eigenvalue weighted by molar-refractivity contribution is 5.65. The number of aryl methyl sites for hydroxylation is 1. The number of fused-ring (bicyclic) bond motifs is 1. The minimum absolute atomic E-state index is 0.0260. The Hall–Kier alpha value is -2.37. The molecule has 0 saturated carbocycles. The molecule has 102 valence electrons. The zero-order valence-corrected chi connectivity index (χ0v) is 10.5. The van der Waals surface area contributed by atoms with Crippen LogP contribution in [0.25, 0.3) is 17.0 Å². The van der Waals surface area contributed by atoms with Crippen LogP contribution in [0, 0.1) is 6.92 Å². The second kappa shape index (κ2) is 4.33. The molecule has 0 atom stereocenters. The van der Waals surface area contributed by atoms with Crippen LogP contribution >= 0.6 is 0 Å². The van der Waals surface area contributed by atoms with Gasteiger partial charge in [0.15, 0.2) is 11.5 Å². The zero-order valence-electron chi connectivity index (χ0n) is 10.5. The Morgan fingerprint density at radius 3 is 2.50 bits per heavy atom. The minimum Gasteiger partial charge on any atom is -0.282 e. The standard InChI is InChI=1S/C14H10F3N3/c1-9-5-4-8-20-12(9)18-19-13(20)10-6-2-3-7-11(10)14(15,16)17/h2-8H,1H3. The van der Waals surface area contributed by atoms with Crippen molar-refractivity contribution in [1.29, 1.82) is 0 Å². The summed E-state index contributed by atoms with van der Waals surface area (Å²) in [5.74, 6) is 0.191. The van der Waals surface area contributed by atoms with Gasteiger partial charge in [0.05, 0.1) is 5.56 Å². The summed E-state index contributed by atoms with van der Waals surface area (Å²) >= 11 is 0. The first-order valence-corrected chi connectivity index (χ1v) is 5.95. The number of pyridine rings is 1. The van der Waals surface area contributed by atoms with Crippen LogP contribution in [-0.4, -0.2) is 14.6 Å². The monoisotopic (exact) mass is 277 g/mol. The average Bonchev–Trinajstić information content (AvgIpc) is 2.83. The Kier molecular flexibility index (Phi) is 2.74. The number of nitrogens with zero attached hydrogens (tertiary/aromatic N) is 3. The smallest absolute Gasteiger partial charge is 0.282 e. The van der Waals surface area contributed by atoms with E-state index in [-0.39, 0.29) is 11.4 Å². The molecule has 0 bridgehead atoms. The first-order valence-electron chi connectivity index (χ1n) is 5.95. The fourth-order valence-corrected chi connectivity index (χ4v) is 2.16. The molecule has 0 N–H and O–H groups in total. The molecule has 3 rings (SSSR count). The van der Waals surface area contributed by atoms with Crippen LogP contribution in [0.15, 0.2) is 42.6 Å². The summed E-state index contributed by atoms with van der Waals surface area (Å²) in [7, 11) is 0. The van der Waals surface area contributed by atoms with Gasteiger partial charge in [-0.2, -0.15) is 13.2 Å². The molecule has 0 fully saturated rings. The maximum absolute atomic E-state index is 13.1. The molecule has 3 nitrogen and oxygen atoms in total. The molecule has 2 aromatic heterocycles. The van der Waals surface area contributed by atoms with E-state index in [4.69, 9.17) is 0 Å². The van der Waals surface area contributed by atoms with Gasteiger partial charge in [-0.1, -0.05) is 24.3 Å². The maximum Gasteiger partial charge on any atom is 0.417 e. The van der Waals surface area contributed by atoms with Crippen LogP contribution in [0.1, 0.15) is 11.1 Å². The first kappa shape index (κ1) is 12.7. The molecule has 6 heteroatoms. The first-order chi connectivity index (χ1) is 9.48. The summed E-state index contributed by atoms with van der Waals surface area (Å²) in [6.07, 6.45) is -2.77. The van der Waals surface area contributed by atoms with E-state index in [1.165, 1.54) is 12.1 Å². The van der Waals surface area contributed by atoms with Gasteiger partial charge in [0.1, 0.15) is 0 Å². The van der Waals surface area contributed by atoms with Gasteiger partial charge in [-0.3, -0.25) is 4.40 Å². The summed E-state index contributed by atoms with van der Waals surface area (Å²) in [4.78, 5) is 0. The molecule has 20 heavy (non-hydrogen) atoms. The van der Waals surface area contributed by atoms with Gasteiger partial charge in [-0.15, -0.1) is 10.2 Å². The molecule has 2 heterocycles. The zero-order chi connectivity index (χ0) is 14.3. The Labute approximate surface area is 112 Å². The van der Waals surface area contributed by atoms with Crippen molar-refractivity contribution in [3.63, 3.8) is 0 Å². The third-order valence-corrected chi connectivity index (χ3v) is 3.10. The number of rotatable bonds is 1. The molecule has 0 radical (unpaired) electrons. The normalized spacial score (nSPS) is 12.0. The molecular formula is C14H10F3N3. The predicted molar refractivity (Wildman–Crippen MR) is 68.2 cm³/mol. The van der Waals surface area contributed by atoms with Gasteiger partial charge >= 0.3 is 6.18 Å². The molecule has 0 aliphatic rings. The predicted octanol–water partition coefficient (Wildman–Crippen LogP) is 3.72. The van der Waals surface area contributed by atoms with Crippen molar-refractivity contribution < 1.29 is 13.2 Å². The van der Waals surface area contributed by atoms with Crippen molar-refractivity contribution in [3.8, 4) is 11.4 Å². The molecule has 0 unspecified atom stereocenters. The van der Waals surface area contributed by atoms with E-state index in [9.17, 15) is 13.2 Å². The van der Waals surface area contributed by atoms with Gasteiger partial charge in [0.2, 0.25) is 0 Å². The van der Waals surface area contributed by atoms with Gasteiger partial charge in [0.25, 0.3) is 0 Å². The summed E-state index contributed by atoms with van der Waals surface area (Å²) < 4.78 is 40.8. The van der Waals surface area contributed by atoms with Gasteiger partial charge in [-0.25, -0.2) is 0 Å². The lowest BCUT2D eigenvalue weighted by Crippen LogP contribution is -2.08. The summed E-state index contributed by atoms with van der Waals surface area (Å²) in [5.41, 5.74) is 0.726. The lowest BCUT2D eigenvalue weighted by atomic mass is 10.1. The summed E-state index contributed by atoms with van der Waals surface area (Å²) in [5, 5.41) is 7.88. The number of hydrogen-bond acceptors (Lipinski definition) is 2. The van der Waals surface area contributed by atoms with Crippen LogP contribution in [0.5, 0.6) is 0 Å². The third-order valence-electron chi connectivity index (χ3n) is 3.10. The van der Waals surface area contributed by atoms with Crippen LogP contribution < -0.4 is 0 Å². The second-order valence-corrected chi connectivity index (χ2v) is 4.45. The third kappa shape index (κ3) is 1.93. The van der Waals surface area contributed by atoms with Crippen molar-refractivity contribution in [3.05, 3.63) is 53.7 Å².